The molecule has 0 bridgehead atoms. The summed E-state index contributed by atoms with van der Waals surface area (Å²) in [4.78, 5) is 0. The minimum Gasteiger partial charge on any atom is -0.371 e. The van der Waals surface area contributed by atoms with E-state index in [1.165, 1.54) is 0 Å². The first kappa shape index (κ1) is 5.98. The van der Waals surface area contributed by atoms with Crippen LogP contribution in [0.4, 0.5) is 0 Å². The maximum absolute atomic E-state index is 8.40. The molecule has 0 aromatic rings. The van der Waals surface area contributed by atoms with Crippen LogP contribution in [0.2, 0.25) is 0 Å². The smallest absolute Gasteiger partial charge is 0.157 e. The fraction of sp³-hybridized carbons (Fsp3) is 1.00. The second kappa shape index (κ2) is 3.18. The van der Waals surface area contributed by atoms with Gasteiger partial charge in [-0.3, -0.25) is 0 Å². The lowest BCUT2D eigenvalue weighted by molar-refractivity contribution is 0.183. The number of rotatable bonds is 2. The highest BCUT2D eigenvalue weighted by Gasteiger charge is 1.88. The molecule has 0 radical (unpaired) electrons. The molecule has 0 saturated carbocycles. The molecule has 0 aliphatic heterocycles. The Bertz CT molecular complexity index is 48.1. The summed E-state index contributed by atoms with van der Waals surface area (Å²) in [6, 6.07) is 0. The van der Waals surface area contributed by atoms with E-state index in [0.29, 0.717) is 6.42 Å². The van der Waals surface area contributed by atoms with Crippen LogP contribution in [0.3, 0.4) is 0 Å². The summed E-state index contributed by atoms with van der Waals surface area (Å²) in [5.41, 5.74) is 0. The van der Waals surface area contributed by atoms with Crippen LogP contribution >= 0.6 is 0 Å². The largest absolute Gasteiger partial charge is 0.371 e. The zero-order chi connectivity index (χ0) is 4.99. The van der Waals surface area contributed by atoms with Gasteiger partial charge in [0.1, 0.15) is 0 Å². The van der Waals surface area contributed by atoms with Crippen molar-refractivity contribution in [1.29, 1.82) is 0 Å². The number of nitrogens with zero attached hydrogens (tertiary/aromatic N) is 1. The Morgan fingerprint density at radius 1 is 2.00 bits per heavy atom. The van der Waals surface area contributed by atoms with Gasteiger partial charge in [0, 0.05) is 12.4 Å². The number of hydrogen-bond donors (Lipinski definition) is 1. The van der Waals surface area contributed by atoms with Crippen molar-refractivity contribution in [2.75, 3.05) is 0 Å². The third-order valence-electron chi connectivity index (χ3n) is 0.487. The van der Waals surface area contributed by atoms with E-state index >= 15 is 0 Å². The Morgan fingerprint density at radius 3 is 2.50 bits per heavy atom. The molecule has 0 aromatic carbocycles. The Balaban J connectivity index is 2.96. The van der Waals surface area contributed by atoms with Crippen LogP contribution < -0.4 is 0 Å². The van der Waals surface area contributed by atoms with Crippen LogP contribution in [0.5, 0.6) is 0 Å². The lowest BCUT2D eigenvalue weighted by Gasteiger charge is -1.91. The molecule has 0 spiro atoms. The van der Waals surface area contributed by atoms with Crippen LogP contribution in [0.15, 0.2) is 4.36 Å². The molecule has 36 valence electrons. The first-order valence-electron chi connectivity index (χ1n) is 1.81. The van der Waals surface area contributed by atoms with Crippen molar-refractivity contribution in [3.05, 3.63) is 0 Å². The molecule has 0 amide bonds. The molecule has 1 N–H and O–H groups in total. The predicted octanol–water partition coefficient (Wildman–Crippen LogP) is 0.445. The predicted molar refractivity (Wildman–Crippen MR) is 26.1 cm³/mol. The van der Waals surface area contributed by atoms with Crippen LogP contribution in [0, 0.1) is 0 Å². The van der Waals surface area contributed by atoms with Gasteiger partial charge in [0.25, 0.3) is 0 Å². The van der Waals surface area contributed by atoms with Crippen LogP contribution in [0.1, 0.15) is 13.3 Å². The van der Waals surface area contributed by atoms with Gasteiger partial charge in [0.15, 0.2) is 6.23 Å². The van der Waals surface area contributed by atoms with E-state index in [-0.39, 0.29) is 0 Å². The van der Waals surface area contributed by atoms with Gasteiger partial charge in [-0.2, -0.15) is 4.36 Å². The van der Waals surface area contributed by atoms with Crippen molar-refractivity contribution in [2.24, 2.45) is 4.36 Å². The summed E-state index contributed by atoms with van der Waals surface area (Å²) in [7, 11) is 0. The number of hydrogen-bond acceptors (Lipinski definition) is 3. The van der Waals surface area contributed by atoms with Gasteiger partial charge in [-0.15, -0.1) is 0 Å². The maximum Gasteiger partial charge on any atom is 0.157 e. The van der Waals surface area contributed by atoms with Gasteiger partial charge in [0.2, 0.25) is 0 Å². The molecule has 0 rings (SSSR count). The van der Waals surface area contributed by atoms with E-state index in [9.17, 15) is 0 Å². The highest BCUT2D eigenvalue weighted by atomic mass is 32.1. The third-order valence-corrected chi connectivity index (χ3v) is 0.730. The second-order valence-electron chi connectivity index (χ2n) is 0.994. The van der Waals surface area contributed by atoms with Crippen molar-refractivity contribution in [2.45, 2.75) is 19.6 Å². The van der Waals surface area contributed by atoms with E-state index < -0.39 is 6.23 Å². The molecule has 0 aliphatic carbocycles. The topological polar surface area (TPSA) is 32.6 Å². The third kappa shape index (κ3) is 2.23. The first-order chi connectivity index (χ1) is 2.81. The Hall–Kier alpha value is -0.0200. The second-order valence-corrected chi connectivity index (χ2v) is 1.21. The summed E-state index contributed by atoms with van der Waals surface area (Å²) in [6.45, 7) is 1.82. The Kier molecular flexibility index (Phi) is 3.17. The minimum absolute atomic E-state index is 0.615. The zero-order valence-corrected chi connectivity index (χ0v) is 4.40. The molecule has 0 heterocycles. The molecule has 6 heavy (non-hydrogen) atoms. The zero-order valence-electron chi connectivity index (χ0n) is 3.59. The minimum atomic E-state index is -0.625. The van der Waals surface area contributed by atoms with Gasteiger partial charge < -0.3 is 5.11 Å². The monoisotopic (exact) mass is 105 g/mol. The molecule has 0 aliphatic rings. The molecule has 3 heteroatoms. The van der Waals surface area contributed by atoms with Crippen LogP contribution in [-0.2, 0) is 12.4 Å². The summed E-state index contributed by atoms with van der Waals surface area (Å²) < 4.78 is 3.15. The number of aliphatic hydroxyl groups is 1. The van der Waals surface area contributed by atoms with Crippen molar-refractivity contribution >= 4 is 12.4 Å². The average Bonchev–Trinajstić information content (AvgIpc) is 1.65. The molecular weight excluding hydrogens is 98.1 g/mol. The highest BCUT2D eigenvalue weighted by Crippen LogP contribution is 1.86. The Labute approximate surface area is 42.4 Å². The van der Waals surface area contributed by atoms with Gasteiger partial charge in [-0.05, 0) is 6.42 Å². The van der Waals surface area contributed by atoms with Crippen molar-refractivity contribution in [3.8, 4) is 0 Å². The van der Waals surface area contributed by atoms with Crippen LogP contribution in [-0.4, -0.2) is 11.3 Å². The summed E-state index contributed by atoms with van der Waals surface area (Å²) in [5.74, 6) is 0. The summed E-state index contributed by atoms with van der Waals surface area (Å²) in [6.07, 6.45) is -0.0104. The molecule has 0 fully saturated rings. The van der Waals surface area contributed by atoms with Crippen LogP contribution in [0.25, 0.3) is 0 Å². The Morgan fingerprint density at radius 2 is 2.50 bits per heavy atom. The molecule has 1 atom stereocenters. The fourth-order valence-electron chi connectivity index (χ4n) is 0.0745. The van der Waals surface area contributed by atoms with Gasteiger partial charge in [-0.1, -0.05) is 6.92 Å². The van der Waals surface area contributed by atoms with E-state index in [1.54, 1.807) is 0 Å². The number of aliphatic hydroxyl groups excluding tert-OH is 1. The highest BCUT2D eigenvalue weighted by molar-refractivity contribution is 7.47. The first-order valence-corrected chi connectivity index (χ1v) is 2.18. The van der Waals surface area contributed by atoms with Gasteiger partial charge in [0.05, 0.1) is 0 Å². The standard InChI is InChI=1S/C3H7NOS/c1-2-3(5)4-6/h3,5H,2H2,1H3/t3-/m1/s1. The lowest BCUT2D eigenvalue weighted by Crippen LogP contribution is -1.95. The fourth-order valence-corrected chi connectivity index (χ4v) is 0.224. The maximum atomic E-state index is 8.40. The SMILES string of the molecule is CC[C@@H](O)N=S. The molecule has 0 saturated heterocycles. The summed E-state index contributed by atoms with van der Waals surface area (Å²) in [5, 5.41) is 8.40. The summed E-state index contributed by atoms with van der Waals surface area (Å²) >= 11 is 4.15. The van der Waals surface area contributed by atoms with Crippen molar-refractivity contribution < 1.29 is 5.11 Å². The van der Waals surface area contributed by atoms with Gasteiger partial charge in [-0.25, -0.2) is 0 Å². The average molecular weight is 105 g/mol. The van der Waals surface area contributed by atoms with E-state index in [1.807, 2.05) is 6.92 Å². The quantitative estimate of drug-likeness (QED) is 0.553. The molecular formula is C3H7NOS. The molecule has 2 nitrogen and oxygen atoms in total. The van der Waals surface area contributed by atoms with Gasteiger partial charge >= 0.3 is 0 Å². The van der Waals surface area contributed by atoms with E-state index in [4.69, 9.17) is 5.11 Å². The van der Waals surface area contributed by atoms with E-state index in [0.717, 1.165) is 0 Å². The normalized spacial score (nSPS) is 13.7. The van der Waals surface area contributed by atoms with E-state index in [2.05, 4.69) is 16.8 Å². The molecule has 0 unspecified atom stereocenters. The van der Waals surface area contributed by atoms with Crippen molar-refractivity contribution in [1.82, 2.24) is 0 Å². The van der Waals surface area contributed by atoms with Crippen molar-refractivity contribution in [3.63, 3.8) is 0 Å². The molecule has 0 aromatic heterocycles. The lowest BCUT2D eigenvalue weighted by atomic mass is 10.5.